The first-order valence-electron chi connectivity index (χ1n) is 9.58. The third-order valence-corrected chi connectivity index (χ3v) is 5.71. The number of carbonyl (C=O) groups excluding carboxylic acids is 2. The van der Waals surface area contributed by atoms with Crippen LogP contribution in [0.3, 0.4) is 0 Å². The van der Waals surface area contributed by atoms with E-state index in [1.165, 1.54) is 4.57 Å². The maximum Gasteiger partial charge on any atom is 0.325 e. The van der Waals surface area contributed by atoms with Crippen molar-refractivity contribution in [2.24, 2.45) is 0 Å². The minimum absolute atomic E-state index is 0.128. The normalized spacial score (nSPS) is 10.7. The van der Waals surface area contributed by atoms with Crippen LogP contribution in [0.15, 0.2) is 88.8 Å². The van der Waals surface area contributed by atoms with E-state index in [0.717, 1.165) is 11.8 Å². The van der Waals surface area contributed by atoms with E-state index in [9.17, 15) is 14.4 Å². The van der Waals surface area contributed by atoms with E-state index in [0.29, 0.717) is 32.5 Å². The molecule has 0 bridgehead atoms. The average Bonchev–Trinajstić information content (AvgIpc) is 2.79. The molecule has 1 heterocycles. The zero-order valence-corrected chi connectivity index (χ0v) is 18.2. The Balaban J connectivity index is 1.58. The highest BCUT2D eigenvalue weighted by Gasteiger charge is 2.17. The van der Waals surface area contributed by atoms with Gasteiger partial charge in [0.25, 0.3) is 5.56 Å². The predicted octanol–water partition coefficient (Wildman–Crippen LogP) is 4.48. The van der Waals surface area contributed by atoms with Crippen LogP contribution < -0.4 is 16.2 Å². The van der Waals surface area contributed by atoms with Crippen molar-refractivity contribution in [3.8, 4) is 5.69 Å². The Bertz CT molecular complexity index is 1360. The lowest BCUT2D eigenvalue weighted by atomic mass is 10.2. The van der Waals surface area contributed by atoms with Crippen LogP contribution in [0.4, 0.5) is 10.5 Å². The van der Waals surface area contributed by atoms with E-state index < -0.39 is 11.9 Å². The molecule has 0 radical (unpaired) electrons. The van der Waals surface area contributed by atoms with Crippen molar-refractivity contribution in [2.45, 2.75) is 5.16 Å². The summed E-state index contributed by atoms with van der Waals surface area (Å²) in [4.78, 5) is 42.2. The van der Waals surface area contributed by atoms with Crippen LogP contribution in [0.1, 0.15) is 0 Å². The van der Waals surface area contributed by atoms with Crippen molar-refractivity contribution in [3.05, 3.63) is 94.2 Å². The molecule has 4 rings (SSSR count). The third-order valence-electron chi connectivity index (χ3n) is 4.46. The summed E-state index contributed by atoms with van der Waals surface area (Å²) in [5.41, 5.74) is 1.23. The van der Waals surface area contributed by atoms with Gasteiger partial charge in [0.15, 0.2) is 5.16 Å². The number of nitrogens with one attached hydrogen (secondary N) is 2. The average molecular weight is 465 g/mol. The maximum atomic E-state index is 13.2. The minimum atomic E-state index is -0.642. The molecule has 4 aromatic rings. The van der Waals surface area contributed by atoms with Crippen LogP contribution in [0.5, 0.6) is 0 Å². The lowest BCUT2D eigenvalue weighted by molar-refractivity contribution is -0.117. The summed E-state index contributed by atoms with van der Waals surface area (Å²) in [6, 6.07) is 22.0. The number of nitrogens with zero attached hydrogens (tertiary/aromatic N) is 2. The molecule has 0 aliphatic heterocycles. The number of imide groups is 1. The summed E-state index contributed by atoms with van der Waals surface area (Å²) in [7, 11) is 0. The molecule has 0 fully saturated rings. The van der Waals surface area contributed by atoms with Gasteiger partial charge in [0.1, 0.15) is 0 Å². The predicted molar refractivity (Wildman–Crippen MR) is 127 cm³/mol. The van der Waals surface area contributed by atoms with Gasteiger partial charge in [-0.3, -0.25) is 19.5 Å². The number of thioether (sulfide) groups is 1. The Morgan fingerprint density at radius 1 is 0.938 bits per heavy atom. The fraction of sp³-hybridized carbons (Fsp3) is 0.0435. The Morgan fingerprint density at radius 2 is 1.62 bits per heavy atom. The largest absolute Gasteiger partial charge is 0.325 e. The van der Waals surface area contributed by atoms with E-state index in [1.807, 2.05) is 6.07 Å². The summed E-state index contributed by atoms with van der Waals surface area (Å²) < 4.78 is 1.38. The summed E-state index contributed by atoms with van der Waals surface area (Å²) in [6.07, 6.45) is 0. The molecule has 0 spiro atoms. The van der Waals surface area contributed by atoms with Crippen LogP contribution >= 0.6 is 23.4 Å². The van der Waals surface area contributed by atoms with Crippen molar-refractivity contribution < 1.29 is 9.59 Å². The molecular weight excluding hydrogens is 448 g/mol. The number of rotatable bonds is 5. The van der Waals surface area contributed by atoms with Crippen molar-refractivity contribution >= 4 is 51.9 Å². The number of urea groups is 1. The van der Waals surface area contributed by atoms with E-state index >= 15 is 0 Å². The van der Waals surface area contributed by atoms with E-state index in [4.69, 9.17) is 11.6 Å². The highest BCUT2D eigenvalue weighted by Crippen LogP contribution is 2.25. The molecule has 9 heteroatoms. The number of fused-ring (bicyclic) bond motifs is 1. The summed E-state index contributed by atoms with van der Waals surface area (Å²) in [6.45, 7) is 0. The van der Waals surface area contributed by atoms with Crippen molar-refractivity contribution in [2.75, 3.05) is 11.1 Å². The molecule has 0 aliphatic rings. The zero-order chi connectivity index (χ0) is 22.5. The number of para-hydroxylation sites is 3. The van der Waals surface area contributed by atoms with Crippen LogP contribution in [0, 0.1) is 0 Å². The van der Waals surface area contributed by atoms with Crippen LogP contribution in [0.2, 0.25) is 5.02 Å². The monoisotopic (exact) mass is 464 g/mol. The number of aromatic nitrogens is 2. The molecule has 7 nitrogen and oxygen atoms in total. The maximum absolute atomic E-state index is 13.2. The molecule has 32 heavy (non-hydrogen) atoms. The molecule has 2 N–H and O–H groups in total. The van der Waals surface area contributed by atoms with Gasteiger partial charge in [0.2, 0.25) is 5.91 Å². The zero-order valence-electron chi connectivity index (χ0n) is 16.6. The summed E-state index contributed by atoms with van der Waals surface area (Å²) in [5.74, 6) is -0.659. The van der Waals surface area contributed by atoms with Gasteiger partial charge in [0, 0.05) is 5.69 Å². The lowest BCUT2D eigenvalue weighted by Crippen LogP contribution is -2.35. The van der Waals surface area contributed by atoms with E-state index in [1.54, 1.807) is 72.8 Å². The first-order valence-corrected chi connectivity index (χ1v) is 10.9. The van der Waals surface area contributed by atoms with Gasteiger partial charge in [-0.15, -0.1) is 0 Å². The molecule has 0 saturated carbocycles. The number of anilines is 1. The Labute approximate surface area is 192 Å². The number of carbonyl (C=O) groups is 2. The first-order chi connectivity index (χ1) is 15.5. The molecule has 1 aromatic heterocycles. The van der Waals surface area contributed by atoms with Gasteiger partial charge >= 0.3 is 6.03 Å². The quantitative estimate of drug-likeness (QED) is 0.335. The SMILES string of the molecule is O=C(CSc1nc2ccccc2c(=O)n1-c1ccccc1Cl)NC(=O)Nc1ccccc1. The topological polar surface area (TPSA) is 93.1 Å². The van der Waals surface area contributed by atoms with Gasteiger partial charge in [0.05, 0.1) is 27.4 Å². The highest BCUT2D eigenvalue weighted by atomic mass is 35.5. The molecule has 0 aliphatic carbocycles. The van der Waals surface area contributed by atoms with Crippen molar-refractivity contribution in [3.63, 3.8) is 0 Å². The Kier molecular flexibility index (Phi) is 6.53. The first kappa shape index (κ1) is 21.6. The number of benzene rings is 3. The van der Waals surface area contributed by atoms with Gasteiger partial charge in [-0.1, -0.05) is 65.8 Å². The van der Waals surface area contributed by atoms with E-state index in [2.05, 4.69) is 15.6 Å². The minimum Gasteiger partial charge on any atom is -0.308 e. The van der Waals surface area contributed by atoms with E-state index in [-0.39, 0.29) is 11.3 Å². The summed E-state index contributed by atoms with van der Waals surface area (Å²) >= 11 is 7.37. The van der Waals surface area contributed by atoms with Crippen LogP contribution in [0.25, 0.3) is 16.6 Å². The molecule has 3 amide bonds. The van der Waals surface area contributed by atoms with Crippen molar-refractivity contribution in [1.29, 1.82) is 0 Å². The van der Waals surface area contributed by atoms with Crippen LogP contribution in [-0.2, 0) is 4.79 Å². The highest BCUT2D eigenvalue weighted by molar-refractivity contribution is 7.99. The standard InChI is InChI=1S/C23H17ClN4O3S/c24-17-11-5-7-13-19(17)28-21(30)16-10-4-6-12-18(16)26-23(28)32-14-20(29)27-22(31)25-15-8-2-1-3-9-15/h1-13H,14H2,(H2,25,27,29,31). The van der Waals surface area contributed by atoms with Crippen LogP contribution in [-0.4, -0.2) is 27.2 Å². The smallest absolute Gasteiger partial charge is 0.308 e. The molecule has 0 atom stereocenters. The Hall–Kier alpha value is -3.62. The summed E-state index contributed by atoms with van der Waals surface area (Å²) in [5, 5.41) is 5.95. The van der Waals surface area contributed by atoms with Gasteiger partial charge in [-0.25, -0.2) is 9.78 Å². The number of halogens is 1. The molecule has 0 saturated heterocycles. The van der Waals surface area contributed by atoms with Crippen molar-refractivity contribution in [1.82, 2.24) is 14.9 Å². The Morgan fingerprint density at radius 3 is 2.41 bits per heavy atom. The third kappa shape index (κ3) is 4.82. The second kappa shape index (κ2) is 9.67. The fourth-order valence-corrected chi connectivity index (χ4v) is 4.06. The molecular formula is C23H17ClN4O3S. The second-order valence-electron chi connectivity index (χ2n) is 6.66. The number of amides is 3. The van der Waals surface area contributed by atoms with Gasteiger partial charge < -0.3 is 5.32 Å². The van der Waals surface area contributed by atoms with Gasteiger partial charge in [-0.05, 0) is 36.4 Å². The number of hydrogen-bond donors (Lipinski definition) is 2. The molecule has 3 aromatic carbocycles. The fourth-order valence-electron chi connectivity index (χ4n) is 3.03. The molecule has 160 valence electrons. The van der Waals surface area contributed by atoms with Gasteiger partial charge in [-0.2, -0.15) is 0 Å². The second-order valence-corrected chi connectivity index (χ2v) is 8.01. The molecule has 0 unspecified atom stereocenters. The number of hydrogen-bond acceptors (Lipinski definition) is 5. The lowest BCUT2D eigenvalue weighted by Gasteiger charge is -2.14.